The topological polar surface area (TPSA) is 49.2 Å². The van der Waals surface area contributed by atoms with Gasteiger partial charge in [0.15, 0.2) is 0 Å². The Bertz CT molecular complexity index is 516. The second-order valence-electron chi connectivity index (χ2n) is 5.48. The molecule has 4 nitrogen and oxygen atoms in total. The first-order valence-corrected chi connectivity index (χ1v) is 7.57. The average molecular weight is 268 g/mol. The average Bonchev–Trinajstić information content (AvgIpc) is 3.11. The van der Waals surface area contributed by atoms with Crippen molar-refractivity contribution < 1.29 is 8.42 Å². The SMILES string of the molecule is Cc1ccc(C(C)(C)CNS(=O)(=O)N2CC2)cc1. The Balaban J connectivity index is 2.05. The maximum absolute atomic E-state index is 11.7. The third-order valence-electron chi connectivity index (χ3n) is 3.28. The van der Waals surface area contributed by atoms with Crippen LogP contribution in [0.3, 0.4) is 0 Å². The lowest BCUT2D eigenvalue weighted by atomic mass is 9.84. The summed E-state index contributed by atoms with van der Waals surface area (Å²) in [6, 6.07) is 8.22. The van der Waals surface area contributed by atoms with Gasteiger partial charge in [-0.15, -0.1) is 0 Å². The predicted octanol–water partition coefficient (Wildman–Crippen LogP) is 1.42. The Labute approximate surface area is 109 Å². The smallest absolute Gasteiger partial charge is 0.201 e. The van der Waals surface area contributed by atoms with Gasteiger partial charge in [-0.2, -0.15) is 12.7 Å². The summed E-state index contributed by atoms with van der Waals surface area (Å²) >= 11 is 0. The third kappa shape index (κ3) is 3.10. The largest absolute Gasteiger partial charge is 0.279 e. The molecule has 0 amide bonds. The zero-order valence-electron chi connectivity index (χ0n) is 11.1. The summed E-state index contributed by atoms with van der Waals surface area (Å²) in [5.41, 5.74) is 2.14. The van der Waals surface area contributed by atoms with Gasteiger partial charge in [0.2, 0.25) is 0 Å². The summed E-state index contributed by atoms with van der Waals surface area (Å²) in [4.78, 5) is 0. The molecular weight excluding hydrogens is 248 g/mol. The molecule has 1 saturated heterocycles. The highest BCUT2D eigenvalue weighted by molar-refractivity contribution is 7.87. The molecule has 1 aromatic rings. The highest BCUT2D eigenvalue weighted by Crippen LogP contribution is 2.23. The van der Waals surface area contributed by atoms with E-state index in [0.717, 1.165) is 5.56 Å². The van der Waals surface area contributed by atoms with Crippen molar-refractivity contribution in [3.63, 3.8) is 0 Å². The maximum atomic E-state index is 11.7. The molecule has 0 radical (unpaired) electrons. The fourth-order valence-corrected chi connectivity index (χ4v) is 3.04. The van der Waals surface area contributed by atoms with Crippen molar-refractivity contribution in [2.45, 2.75) is 26.2 Å². The number of hydrogen-bond donors (Lipinski definition) is 1. The summed E-state index contributed by atoms with van der Waals surface area (Å²) in [6.45, 7) is 7.82. The number of benzene rings is 1. The molecule has 1 heterocycles. The first-order valence-electron chi connectivity index (χ1n) is 6.13. The molecule has 0 aromatic heterocycles. The first kappa shape index (κ1) is 13.5. The Morgan fingerprint density at radius 1 is 1.22 bits per heavy atom. The Morgan fingerprint density at radius 2 is 1.78 bits per heavy atom. The van der Waals surface area contributed by atoms with E-state index in [-0.39, 0.29) is 5.41 Å². The molecule has 0 spiro atoms. The summed E-state index contributed by atoms with van der Waals surface area (Å²) in [5, 5.41) is 0. The molecule has 1 aliphatic heterocycles. The highest BCUT2D eigenvalue weighted by atomic mass is 32.2. The lowest BCUT2D eigenvalue weighted by molar-refractivity contribution is 0.488. The molecule has 0 unspecified atom stereocenters. The fourth-order valence-electron chi connectivity index (χ4n) is 1.75. The summed E-state index contributed by atoms with van der Waals surface area (Å²) in [5.74, 6) is 0. The zero-order chi connectivity index (χ0) is 13.4. The van der Waals surface area contributed by atoms with Gasteiger partial charge in [0.05, 0.1) is 0 Å². The van der Waals surface area contributed by atoms with Gasteiger partial charge in [-0.3, -0.25) is 0 Å². The Kier molecular flexibility index (Phi) is 3.49. The molecule has 1 aliphatic rings. The number of hydrogen-bond acceptors (Lipinski definition) is 2. The lowest BCUT2D eigenvalue weighted by Crippen LogP contribution is -2.39. The van der Waals surface area contributed by atoms with Crippen LogP contribution in [-0.4, -0.2) is 32.4 Å². The van der Waals surface area contributed by atoms with E-state index < -0.39 is 10.2 Å². The van der Waals surface area contributed by atoms with Crippen LogP contribution in [0, 0.1) is 6.92 Å². The van der Waals surface area contributed by atoms with Crippen LogP contribution in [0.2, 0.25) is 0 Å². The van der Waals surface area contributed by atoms with E-state index in [1.54, 1.807) is 0 Å². The van der Waals surface area contributed by atoms with Crippen LogP contribution in [0.15, 0.2) is 24.3 Å². The molecular formula is C13H20N2O2S. The number of nitrogens with one attached hydrogen (secondary N) is 1. The van der Waals surface area contributed by atoms with Crippen LogP contribution in [0.25, 0.3) is 0 Å². The second-order valence-corrected chi connectivity index (χ2v) is 7.23. The lowest BCUT2D eigenvalue weighted by Gasteiger charge is -2.25. The van der Waals surface area contributed by atoms with Crippen LogP contribution in [0.1, 0.15) is 25.0 Å². The number of nitrogens with zero attached hydrogens (tertiary/aromatic N) is 1. The first-order chi connectivity index (χ1) is 8.31. The van der Waals surface area contributed by atoms with Crippen molar-refractivity contribution in [2.75, 3.05) is 19.6 Å². The predicted molar refractivity (Wildman–Crippen MR) is 72.7 cm³/mol. The Hall–Kier alpha value is -0.910. The van der Waals surface area contributed by atoms with E-state index >= 15 is 0 Å². The van der Waals surface area contributed by atoms with Gasteiger partial charge in [0.1, 0.15) is 0 Å². The normalized spacial score (nSPS) is 16.8. The maximum Gasteiger partial charge on any atom is 0.279 e. The molecule has 1 aromatic carbocycles. The van der Waals surface area contributed by atoms with Crippen molar-refractivity contribution in [3.8, 4) is 0 Å². The van der Waals surface area contributed by atoms with E-state index in [0.29, 0.717) is 19.6 Å². The molecule has 1 fully saturated rings. The highest BCUT2D eigenvalue weighted by Gasteiger charge is 2.33. The van der Waals surface area contributed by atoms with Crippen molar-refractivity contribution >= 4 is 10.2 Å². The quantitative estimate of drug-likeness (QED) is 0.821. The van der Waals surface area contributed by atoms with Gasteiger partial charge in [0.25, 0.3) is 10.2 Å². The molecule has 0 bridgehead atoms. The Morgan fingerprint density at radius 3 is 2.28 bits per heavy atom. The van der Waals surface area contributed by atoms with Crippen LogP contribution < -0.4 is 4.72 Å². The number of aryl methyl sites for hydroxylation is 1. The minimum Gasteiger partial charge on any atom is -0.201 e. The minimum atomic E-state index is -3.25. The third-order valence-corrected chi connectivity index (χ3v) is 4.83. The van der Waals surface area contributed by atoms with E-state index in [1.807, 2.05) is 20.8 Å². The second kappa shape index (κ2) is 4.64. The molecule has 100 valence electrons. The van der Waals surface area contributed by atoms with Crippen LogP contribution in [-0.2, 0) is 15.6 Å². The number of rotatable bonds is 5. The minimum absolute atomic E-state index is 0.212. The van der Waals surface area contributed by atoms with Crippen molar-refractivity contribution in [1.29, 1.82) is 0 Å². The summed E-state index contributed by atoms with van der Waals surface area (Å²) in [7, 11) is -3.25. The van der Waals surface area contributed by atoms with Gasteiger partial charge in [-0.25, -0.2) is 4.72 Å². The van der Waals surface area contributed by atoms with E-state index in [2.05, 4.69) is 29.0 Å². The molecule has 0 saturated carbocycles. The van der Waals surface area contributed by atoms with Gasteiger partial charge < -0.3 is 0 Å². The summed E-state index contributed by atoms with van der Waals surface area (Å²) in [6.07, 6.45) is 0. The van der Waals surface area contributed by atoms with Crippen molar-refractivity contribution in [1.82, 2.24) is 9.03 Å². The molecule has 18 heavy (non-hydrogen) atoms. The van der Waals surface area contributed by atoms with Gasteiger partial charge in [-0.05, 0) is 12.5 Å². The zero-order valence-corrected chi connectivity index (χ0v) is 11.9. The molecule has 2 rings (SSSR count). The van der Waals surface area contributed by atoms with Crippen molar-refractivity contribution in [3.05, 3.63) is 35.4 Å². The summed E-state index contributed by atoms with van der Waals surface area (Å²) < 4.78 is 27.6. The molecule has 0 aliphatic carbocycles. The van der Waals surface area contributed by atoms with E-state index in [9.17, 15) is 8.42 Å². The van der Waals surface area contributed by atoms with Crippen LogP contribution in [0.5, 0.6) is 0 Å². The molecule has 5 heteroatoms. The van der Waals surface area contributed by atoms with Gasteiger partial charge in [0, 0.05) is 25.0 Å². The van der Waals surface area contributed by atoms with Crippen molar-refractivity contribution in [2.24, 2.45) is 0 Å². The van der Waals surface area contributed by atoms with Crippen LogP contribution >= 0.6 is 0 Å². The monoisotopic (exact) mass is 268 g/mol. The fraction of sp³-hybridized carbons (Fsp3) is 0.538. The van der Waals surface area contributed by atoms with E-state index in [1.165, 1.54) is 9.87 Å². The standard InChI is InChI=1S/C13H20N2O2S/c1-11-4-6-12(7-5-11)13(2,3)10-14-18(16,17)15-8-9-15/h4-7,14H,8-10H2,1-3H3. The van der Waals surface area contributed by atoms with Gasteiger partial charge in [-0.1, -0.05) is 43.7 Å². The molecule has 1 N–H and O–H groups in total. The molecule has 0 atom stereocenters. The van der Waals surface area contributed by atoms with Gasteiger partial charge >= 0.3 is 0 Å². The van der Waals surface area contributed by atoms with E-state index in [4.69, 9.17) is 0 Å². The van der Waals surface area contributed by atoms with Crippen LogP contribution in [0.4, 0.5) is 0 Å².